The highest BCUT2D eigenvalue weighted by atomic mass is 32.1. The number of carbonyl (C=O) groups is 1. The lowest BCUT2D eigenvalue weighted by atomic mass is 10.1. The largest absolute Gasteiger partial charge is 0.476 e. The summed E-state index contributed by atoms with van der Waals surface area (Å²) in [7, 11) is 0. The molecular weight excluding hydrogens is 272 g/mol. The van der Waals surface area contributed by atoms with Gasteiger partial charge in [0.2, 0.25) is 5.01 Å². The van der Waals surface area contributed by atoms with Crippen molar-refractivity contribution in [2.24, 2.45) is 0 Å². The van der Waals surface area contributed by atoms with Gasteiger partial charge in [0.25, 0.3) is 0 Å². The highest BCUT2D eigenvalue weighted by molar-refractivity contribution is 7.13. The Labute approximate surface area is 121 Å². The molecule has 0 unspecified atom stereocenters. The van der Waals surface area contributed by atoms with Crippen LogP contribution in [0.4, 0.5) is 0 Å². The fraction of sp³-hybridized carbons (Fsp3) is 0.333. The van der Waals surface area contributed by atoms with Crippen molar-refractivity contribution in [3.8, 4) is 0 Å². The third kappa shape index (κ3) is 2.89. The summed E-state index contributed by atoms with van der Waals surface area (Å²) in [6, 6.07) is 10.4. The average Bonchev–Trinajstić information content (AvgIpc) is 2.89. The van der Waals surface area contributed by atoms with Gasteiger partial charge in [-0.05, 0) is 12.0 Å². The number of thiazole rings is 1. The van der Waals surface area contributed by atoms with Crippen molar-refractivity contribution in [1.82, 2.24) is 9.88 Å². The van der Waals surface area contributed by atoms with E-state index in [-0.39, 0.29) is 5.01 Å². The molecule has 0 saturated heterocycles. The van der Waals surface area contributed by atoms with Gasteiger partial charge in [-0.25, -0.2) is 9.78 Å². The molecule has 3 rings (SSSR count). The van der Waals surface area contributed by atoms with Gasteiger partial charge in [0.05, 0.1) is 5.69 Å². The first-order chi connectivity index (χ1) is 9.72. The molecular formula is C15H16N2O2S. The quantitative estimate of drug-likeness (QED) is 0.939. The zero-order valence-electron chi connectivity index (χ0n) is 11.1. The molecule has 2 aromatic rings. The first-order valence-electron chi connectivity index (χ1n) is 6.70. The van der Waals surface area contributed by atoms with E-state index in [2.05, 4.69) is 34.1 Å². The van der Waals surface area contributed by atoms with Crippen LogP contribution in [0.5, 0.6) is 0 Å². The highest BCUT2D eigenvalue weighted by Crippen LogP contribution is 2.25. The predicted octanol–water partition coefficient (Wildman–Crippen LogP) is 2.44. The Balaban J connectivity index is 1.62. The van der Waals surface area contributed by atoms with E-state index in [1.54, 1.807) is 0 Å². The monoisotopic (exact) mass is 288 g/mol. The van der Waals surface area contributed by atoms with Gasteiger partial charge >= 0.3 is 5.97 Å². The van der Waals surface area contributed by atoms with Crippen molar-refractivity contribution in [3.05, 3.63) is 51.5 Å². The molecule has 5 heteroatoms. The normalized spacial score (nSPS) is 15.0. The zero-order valence-corrected chi connectivity index (χ0v) is 11.9. The van der Waals surface area contributed by atoms with Crippen LogP contribution in [0.2, 0.25) is 0 Å². The molecule has 1 N–H and O–H groups in total. The second-order valence-electron chi connectivity index (χ2n) is 4.96. The minimum atomic E-state index is -0.916. The number of aromatic carboxylic acids is 1. The summed E-state index contributed by atoms with van der Waals surface area (Å²) in [5, 5.41) is 9.21. The molecule has 1 aromatic carbocycles. The van der Waals surface area contributed by atoms with Gasteiger partial charge in [-0.15, -0.1) is 11.3 Å². The zero-order chi connectivity index (χ0) is 13.9. The Kier molecular flexibility index (Phi) is 3.80. The van der Waals surface area contributed by atoms with E-state index in [9.17, 15) is 4.79 Å². The molecule has 1 aliphatic rings. The molecule has 0 radical (unpaired) electrons. The van der Waals surface area contributed by atoms with Gasteiger partial charge in [0, 0.05) is 30.9 Å². The lowest BCUT2D eigenvalue weighted by molar-refractivity contribution is 0.0696. The topological polar surface area (TPSA) is 53.4 Å². The van der Waals surface area contributed by atoms with E-state index in [0.29, 0.717) is 0 Å². The van der Waals surface area contributed by atoms with Gasteiger partial charge in [-0.3, -0.25) is 4.90 Å². The number of nitrogens with zero attached hydrogens (tertiary/aromatic N) is 2. The van der Waals surface area contributed by atoms with Crippen LogP contribution in [0, 0.1) is 0 Å². The van der Waals surface area contributed by atoms with Crippen molar-refractivity contribution in [2.75, 3.05) is 13.1 Å². The molecule has 0 saturated carbocycles. The molecule has 0 fully saturated rings. The molecule has 104 valence electrons. The Morgan fingerprint density at radius 2 is 2.15 bits per heavy atom. The third-order valence-electron chi connectivity index (χ3n) is 3.55. The minimum Gasteiger partial charge on any atom is -0.476 e. The van der Waals surface area contributed by atoms with Crippen LogP contribution < -0.4 is 0 Å². The number of benzene rings is 1. The maximum atomic E-state index is 10.9. The Morgan fingerprint density at radius 1 is 1.35 bits per heavy atom. The highest BCUT2D eigenvalue weighted by Gasteiger charge is 2.22. The molecule has 1 aliphatic heterocycles. The van der Waals surface area contributed by atoms with Gasteiger partial charge in [-0.2, -0.15) is 0 Å². The fourth-order valence-corrected chi connectivity index (χ4v) is 3.45. The van der Waals surface area contributed by atoms with Gasteiger partial charge in [0.15, 0.2) is 0 Å². The summed E-state index contributed by atoms with van der Waals surface area (Å²) < 4.78 is 0. The average molecular weight is 288 g/mol. The number of hydrogen-bond acceptors (Lipinski definition) is 4. The summed E-state index contributed by atoms with van der Waals surface area (Å²) in [5.74, 6) is -0.916. The number of rotatable bonds is 4. The van der Waals surface area contributed by atoms with E-state index in [1.807, 2.05) is 6.07 Å². The van der Waals surface area contributed by atoms with Crippen molar-refractivity contribution in [2.45, 2.75) is 19.4 Å². The smallest absolute Gasteiger partial charge is 0.365 e. The molecule has 4 nitrogen and oxygen atoms in total. The summed E-state index contributed by atoms with van der Waals surface area (Å²) in [5.41, 5.74) is 2.32. The van der Waals surface area contributed by atoms with Crippen LogP contribution in [-0.2, 0) is 19.4 Å². The molecule has 0 aliphatic carbocycles. The van der Waals surface area contributed by atoms with E-state index in [1.165, 1.54) is 16.9 Å². The second kappa shape index (κ2) is 5.73. The summed E-state index contributed by atoms with van der Waals surface area (Å²) in [6.07, 6.45) is 1.88. The molecule has 0 atom stereocenters. The van der Waals surface area contributed by atoms with Crippen LogP contribution in [0.1, 0.15) is 25.9 Å². The molecule has 0 bridgehead atoms. The first kappa shape index (κ1) is 13.3. The van der Waals surface area contributed by atoms with Crippen LogP contribution in [-0.4, -0.2) is 34.0 Å². The summed E-state index contributed by atoms with van der Waals surface area (Å²) >= 11 is 1.32. The van der Waals surface area contributed by atoms with Gasteiger partial charge < -0.3 is 5.11 Å². The van der Waals surface area contributed by atoms with E-state index in [4.69, 9.17) is 5.11 Å². The van der Waals surface area contributed by atoms with Crippen LogP contribution >= 0.6 is 11.3 Å². The van der Waals surface area contributed by atoms with Crippen LogP contribution in [0.3, 0.4) is 0 Å². The summed E-state index contributed by atoms with van der Waals surface area (Å²) in [6.45, 7) is 2.79. The predicted molar refractivity (Wildman–Crippen MR) is 78.2 cm³/mol. The number of aromatic nitrogens is 1. The standard InChI is InChI=1S/C15H16N2O2S/c18-15(19)14-16-12-7-9-17(10-13(12)20-14)8-6-11-4-2-1-3-5-11/h1-5H,6-10H2,(H,18,19). The van der Waals surface area contributed by atoms with Crippen molar-refractivity contribution in [3.63, 3.8) is 0 Å². The number of carboxylic acid groups (broad SMARTS) is 1. The van der Waals surface area contributed by atoms with Crippen molar-refractivity contribution >= 4 is 17.3 Å². The van der Waals surface area contributed by atoms with Crippen LogP contribution in [0.25, 0.3) is 0 Å². The molecule has 0 spiro atoms. The molecule has 2 heterocycles. The lowest BCUT2D eigenvalue weighted by Gasteiger charge is -2.25. The van der Waals surface area contributed by atoms with E-state index < -0.39 is 5.97 Å². The maximum absolute atomic E-state index is 10.9. The number of hydrogen-bond donors (Lipinski definition) is 1. The first-order valence-corrected chi connectivity index (χ1v) is 7.52. The van der Waals surface area contributed by atoms with Crippen molar-refractivity contribution in [1.29, 1.82) is 0 Å². The summed E-state index contributed by atoms with van der Waals surface area (Å²) in [4.78, 5) is 18.6. The van der Waals surface area contributed by atoms with E-state index >= 15 is 0 Å². The second-order valence-corrected chi connectivity index (χ2v) is 6.04. The van der Waals surface area contributed by atoms with Gasteiger partial charge in [-0.1, -0.05) is 30.3 Å². The lowest BCUT2D eigenvalue weighted by Crippen LogP contribution is -2.31. The van der Waals surface area contributed by atoms with Crippen molar-refractivity contribution < 1.29 is 9.90 Å². The Morgan fingerprint density at radius 3 is 2.90 bits per heavy atom. The maximum Gasteiger partial charge on any atom is 0.365 e. The Hall–Kier alpha value is -1.72. The van der Waals surface area contributed by atoms with Gasteiger partial charge in [0.1, 0.15) is 0 Å². The minimum absolute atomic E-state index is 0.222. The fourth-order valence-electron chi connectivity index (χ4n) is 2.46. The van der Waals surface area contributed by atoms with Crippen LogP contribution in [0.15, 0.2) is 30.3 Å². The molecule has 20 heavy (non-hydrogen) atoms. The number of carboxylic acids is 1. The van der Waals surface area contributed by atoms with E-state index in [0.717, 1.165) is 43.0 Å². The molecule has 0 amide bonds. The third-order valence-corrected chi connectivity index (χ3v) is 4.62. The molecule has 1 aromatic heterocycles. The Bertz CT molecular complexity index is 610. The SMILES string of the molecule is O=C(O)c1nc2c(s1)CN(CCc1ccccc1)CC2. The number of fused-ring (bicyclic) bond motifs is 1.